The van der Waals surface area contributed by atoms with Gasteiger partial charge in [-0.25, -0.2) is 0 Å². The lowest BCUT2D eigenvalue weighted by atomic mass is 10.3. The van der Waals surface area contributed by atoms with Gasteiger partial charge in [0.1, 0.15) is 5.15 Å². The molecule has 1 aromatic heterocycles. The number of nitrogens with two attached hydrogens (primary N) is 1. The third kappa shape index (κ3) is 2.94. The Hall–Kier alpha value is -1.04. The largest absolute Gasteiger partial charge is 0.398 e. The Balaban J connectivity index is 2.28. The van der Waals surface area contributed by atoms with Crippen molar-refractivity contribution in [2.24, 2.45) is 7.05 Å². The van der Waals surface area contributed by atoms with Crippen LogP contribution in [0.3, 0.4) is 0 Å². The van der Waals surface area contributed by atoms with E-state index >= 15 is 0 Å². The summed E-state index contributed by atoms with van der Waals surface area (Å²) in [6.07, 6.45) is 0. The van der Waals surface area contributed by atoms with Crippen LogP contribution in [0.5, 0.6) is 0 Å². The summed E-state index contributed by atoms with van der Waals surface area (Å²) in [5.74, 6) is 0.304. The Morgan fingerprint density at radius 2 is 2.11 bits per heavy atom. The summed E-state index contributed by atoms with van der Waals surface area (Å²) in [4.78, 5) is 0.624. The number of nitrogens with zero attached hydrogens (tertiary/aromatic N) is 2. The van der Waals surface area contributed by atoms with Gasteiger partial charge in [0.2, 0.25) is 0 Å². The number of aromatic nitrogens is 2. The summed E-state index contributed by atoms with van der Waals surface area (Å²) in [5.41, 5.74) is 7.67. The first-order valence-electron chi connectivity index (χ1n) is 5.51. The molecule has 4 nitrogen and oxygen atoms in total. The van der Waals surface area contributed by atoms with Crippen molar-refractivity contribution in [2.75, 3.05) is 5.73 Å². The van der Waals surface area contributed by atoms with Gasteiger partial charge in [-0.05, 0) is 25.1 Å². The van der Waals surface area contributed by atoms with Gasteiger partial charge in [-0.2, -0.15) is 5.10 Å². The Labute approximate surface area is 124 Å². The number of hydrogen-bond donors (Lipinski definition) is 1. The summed E-state index contributed by atoms with van der Waals surface area (Å²) >= 11 is 12.0. The van der Waals surface area contributed by atoms with Crippen molar-refractivity contribution in [2.45, 2.75) is 17.6 Å². The fourth-order valence-electron chi connectivity index (χ4n) is 1.70. The first-order chi connectivity index (χ1) is 8.90. The topological polar surface area (TPSA) is 60.9 Å². The van der Waals surface area contributed by atoms with E-state index in [4.69, 9.17) is 28.9 Å². The zero-order chi connectivity index (χ0) is 14.2. The van der Waals surface area contributed by atoms with E-state index in [1.54, 1.807) is 29.9 Å². The molecule has 0 fully saturated rings. The van der Waals surface area contributed by atoms with Crippen molar-refractivity contribution in [1.82, 2.24) is 9.78 Å². The zero-order valence-electron chi connectivity index (χ0n) is 10.5. The highest BCUT2D eigenvalue weighted by molar-refractivity contribution is 7.84. The molecule has 7 heteroatoms. The molecule has 1 heterocycles. The maximum atomic E-state index is 12.3. The Bertz CT molecular complexity index is 655. The molecule has 0 aliphatic heterocycles. The third-order valence-electron chi connectivity index (χ3n) is 2.78. The van der Waals surface area contributed by atoms with Crippen molar-refractivity contribution < 1.29 is 4.21 Å². The fraction of sp³-hybridized carbons (Fsp3) is 0.250. The first kappa shape index (κ1) is 14.4. The molecule has 2 rings (SSSR count). The highest BCUT2D eigenvalue weighted by Crippen LogP contribution is 2.25. The Morgan fingerprint density at radius 1 is 1.42 bits per heavy atom. The molecule has 0 amide bonds. The smallest absolute Gasteiger partial charge is 0.131 e. The molecule has 2 aromatic rings. The number of nitrogen functional groups attached to an aromatic ring is 1. The van der Waals surface area contributed by atoms with Gasteiger partial charge < -0.3 is 5.73 Å². The predicted octanol–water partition coefficient (Wildman–Crippen LogP) is 2.93. The first-order valence-corrected chi connectivity index (χ1v) is 7.59. The highest BCUT2D eigenvalue weighted by Gasteiger charge is 2.15. The number of benzene rings is 1. The SMILES string of the molecule is Cc1nn(C)c(Cl)c1CS(=O)c1ccc(N)c(Cl)c1. The average Bonchev–Trinajstić information content (AvgIpc) is 2.59. The van der Waals surface area contributed by atoms with Crippen LogP contribution >= 0.6 is 23.2 Å². The van der Waals surface area contributed by atoms with E-state index in [0.717, 1.165) is 11.3 Å². The number of halogens is 2. The van der Waals surface area contributed by atoms with Crippen LogP contribution in [-0.2, 0) is 23.6 Å². The molecular weight excluding hydrogens is 305 g/mol. The van der Waals surface area contributed by atoms with Crippen molar-refractivity contribution in [3.63, 3.8) is 0 Å². The molecule has 1 aromatic carbocycles. The Morgan fingerprint density at radius 3 is 2.63 bits per heavy atom. The van der Waals surface area contributed by atoms with Crippen LogP contribution in [0.1, 0.15) is 11.3 Å². The van der Waals surface area contributed by atoms with Crippen LogP contribution in [-0.4, -0.2) is 14.0 Å². The lowest BCUT2D eigenvalue weighted by Gasteiger charge is -2.04. The van der Waals surface area contributed by atoms with E-state index in [-0.39, 0.29) is 0 Å². The van der Waals surface area contributed by atoms with E-state index in [1.807, 2.05) is 6.92 Å². The number of aryl methyl sites for hydroxylation is 2. The lowest BCUT2D eigenvalue weighted by molar-refractivity contribution is 0.682. The predicted molar refractivity (Wildman–Crippen MR) is 78.9 cm³/mol. The van der Waals surface area contributed by atoms with Crippen molar-refractivity contribution in [3.05, 3.63) is 39.6 Å². The van der Waals surface area contributed by atoms with Gasteiger partial charge in [0.05, 0.1) is 33.0 Å². The van der Waals surface area contributed by atoms with Crippen LogP contribution < -0.4 is 5.73 Å². The van der Waals surface area contributed by atoms with Gasteiger partial charge in [-0.15, -0.1) is 0 Å². The van der Waals surface area contributed by atoms with Gasteiger partial charge in [0, 0.05) is 17.5 Å². The summed E-state index contributed by atoms with van der Waals surface area (Å²) in [7, 11) is 0.514. The molecule has 0 saturated heterocycles. The lowest BCUT2D eigenvalue weighted by Crippen LogP contribution is -1.99. The second-order valence-electron chi connectivity index (χ2n) is 4.15. The molecule has 0 radical (unpaired) electrons. The van der Waals surface area contributed by atoms with Gasteiger partial charge >= 0.3 is 0 Å². The van der Waals surface area contributed by atoms with E-state index in [1.165, 1.54) is 0 Å². The van der Waals surface area contributed by atoms with E-state index in [2.05, 4.69) is 5.10 Å². The van der Waals surface area contributed by atoms with E-state index in [9.17, 15) is 4.21 Å². The minimum absolute atomic E-state index is 0.304. The van der Waals surface area contributed by atoms with Crippen LogP contribution in [0.25, 0.3) is 0 Å². The van der Waals surface area contributed by atoms with E-state index < -0.39 is 10.8 Å². The molecule has 0 bridgehead atoms. The van der Waals surface area contributed by atoms with Crippen molar-refractivity contribution in [3.8, 4) is 0 Å². The molecule has 0 aliphatic carbocycles. The molecule has 19 heavy (non-hydrogen) atoms. The molecule has 0 aliphatic rings. The third-order valence-corrected chi connectivity index (χ3v) is 4.91. The number of hydrogen-bond acceptors (Lipinski definition) is 3. The van der Waals surface area contributed by atoms with E-state index in [0.29, 0.717) is 26.5 Å². The summed E-state index contributed by atoms with van der Waals surface area (Å²) in [6, 6.07) is 4.97. The molecular formula is C12H13Cl2N3OS. The standard InChI is InChI=1S/C12H13Cl2N3OS/c1-7-9(12(14)17(2)16-7)6-19(18)8-3-4-11(15)10(13)5-8/h3-5H,6,15H2,1-2H3. The second-order valence-corrected chi connectivity index (χ2v) is 6.37. The minimum Gasteiger partial charge on any atom is -0.398 e. The average molecular weight is 318 g/mol. The maximum Gasteiger partial charge on any atom is 0.131 e. The summed E-state index contributed by atoms with van der Waals surface area (Å²) in [6.45, 7) is 1.84. The number of rotatable bonds is 3. The molecule has 2 N–H and O–H groups in total. The molecule has 102 valence electrons. The summed E-state index contributed by atoms with van der Waals surface area (Å²) in [5, 5.41) is 5.10. The van der Waals surface area contributed by atoms with Crippen LogP contribution in [0.4, 0.5) is 5.69 Å². The van der Waals surface area contributed by atoms with Gasteiger partial charge in [0.25, 0.3) is 0 Å². The fourth-order valence-corrected chi connectivity index (χ4v) is 3.51. The van der Waals surface area contributed by atoms with Crippen molar-refractivity contribution in [1.29, 1.82) is 0 Å². The van der Waals surface area contributed by atoms with Crippen molar-refractivity contribution >= 4 is 39.7 Å². The van der Waals surface area contributed by atoms with Gasteiger partial charge in [-0.3, -0.25) is 8.89 Å². The molecule has 1 unspecified atom stereocenters. The quantitative estimate of drug-likeness (QED) is 0.885. The molecule has 0 spiro atoms. The second kappa shape index (κ2) is 5.53. The van der Waals surface area contributed by atoms with Gasteiger partial charge in [0.15, 0.2) is 0 Å². The van der Waals surface area contributed by atoms with Crippen LogP contribution in [0.2, 0.25) is 10.2 Å². The summed E-state index contributed by atoms with van der Waals surface area (Å²) < 4.78 is 13.9. The minimum atomic E-state index is -1.24. The molecule has 1 atom stereocenters. The normalized spacial score (nSPS) is 12.6. The zero-order valence-corrected chi connectivity index (χ0v) is 12.8. The van der Waals surface area contributed by atoms with Crippen LogP contribution in [0, 0.1) is 6.92 Å². The monoisotopic (exact) mass is 317 g/mol. The Kier molecular flexibility index (Phi) is 4.18. The van der Waals surface area contributed by atoms with Crippen LogP contribution in [0.15, 0.2) is 23.1 Å². The number of anilines is 1. The van der Waals surface area contributed by atoms with Gasteiger partial charge in [-0.1, -0.05) is 23.2 Å². The molecule has 0 saturated carbocycles. The maximum absolute atomic E-state index is 12.3. The highest BCUT2D eigenvalue weighted by atomic mass is 35.5.